The second kappa shape index (κ2) is 8.47. The topological polar surface area (TPSA) is 65.7 Å². The van der Waals surface area contributed by atoms with Gasteiger partial charge >= 0.3 is 0 Å². The molecular formula is C22H23F2N3O3. The Kier molecular flexibility index (Phi) is 5.76. The highest BCUT2D eigenvalue weighted by Crippen LogP contribution is 2.32. The van der Waals surface area contributed by atoms with E-state index in [1.807, 2.05) is 23.7 Å². The van der Waals surface area contributed by atoms with Gasteiger partial charge in [-0.3, -0.25) is 4.79 Å². The molecule has 1 aliphatic heterocycles. The number of methoxy groups -OCH3 is 1. The summed E-state index contributed by atoms with van der Waals surface area (Å²) in [4.78, 5) is 21.4. The van der Waals surface area contributed by atoms with Crippen LogP contribution in [-0.2, 0) is 11.2 Å². The first-order valence-corrected chi connectivity index (χ1v) is 9.89. The third-order valence-electron chi connectivity index (χ3n) is 5.49. The van der Waals surface area contributed by atoms with Crippen LogP contribution in [0.25, 0.3) is 5.65 Å². The highest BCUT2D eigenvalue weighted by atomic mass is 19.3. The Morgan fingerprint density at radius 2 is 2.03 bits per heavy atom. The molecule has 0 spiro atoms. The Morgan fingerprint density at radius 1 is 1.27 bits per heavy atom. The molecule has 0 aliphatic carbocycles. The molecule has 6 nitrogen and oxygen atoms in total. The zero-order chi connectivity index (χ0) is 21.3. The van der Waals surface area contributed by atoms with E-state index in [9.17, 15) is 13.6 Å². The molecular weight excluding hydrogens is 392 g/mol. The molecule has 0 N–H and O–H groups in total. The highest BCUT2D eigenvalue weighted by molar-refractivity contribution is 5.96. The lowest BCUT2D eigenvalue weighted by Crippen LogP contribution is -2.14. The van der Waals surface area contributed by atoms with Crippen molar-refractivity contribution in [2.24, 2.45) is 0 Å². The van der Waals surface area contributed by atoms with E-state index >= 15 is 0 Å². The Balaban J connectivity index is 1.67. The quantitative estimate of drug-likeness (QED) is 0.562. The number of hydrogen-bond donors (Lipinski definition) is 0. The first-order valence-electron chi connectivity index (χ1n) is 9.89. The van der Waals surface area contributed by atoms with Gasteiger partial charge in [0.15, 0.2) is 5.78 Å². The first kappa shape index (κ1) is 20.4. The van der Waals surface area contributed by atoms with Gasteiger partial charge < -0.3 is 13.9 Å². The third-order valence-corrected chi connectivity index (χ3v) is 5.49. The van der Waals surface area contributed by atoms with Gasteiger partial charge in [0.1, 0.15) is 22.8 Å². The summed E-state index contributed by atoms with van der Waals surface area (Å²) in [6, 6.07) is 4.08. The predicted molar refractivity (Wildman–Crippen MR) is 107 cm³/mol. The van der Waals surface area contributed by atoms with Gasteiger partial charge in [-0.25, -0.2) is 18.7 Å². The average molecular weight is 415 g/mol. The largest absolute Gasteiger partial charge is 0.496 e. The SMILES string of the molecule is COc1c(CC(=O)c2cccc(C(F)F)n2)cn2cc(C3CCOCC3)nc2c1C. The number of Topliss-reactive ketones (excluding diaryl/α,β-unsaturated/α-hetero) is 1. The van der Waals surface area contributed by atoms with Crippen LogP contribution in [0.15, 0.2) is 30.6 Å². The number of imidazole rings is 1. The fourth-order valence-electron chi connectivity index (χ4n) is 3.95. The number of pyridine rings is 2. The van der Waals surface area contributed by atoms with E-state index in [1.165, 1.54) is 18.2 Å². The van der Waals surface area contributed by atoms with E-state index in [4.69, 9.17) is 14.5 Å². The van der Waals surface area contributed by atoms with Crippen LogP contribution in [0.1, 0.15) is 58.2 Å². The molecule has 3 aromatic rings. The number of hydrogen-bond acceptors (Lipinski definition) is 5. The van der Waals surface area contributed by atoms with Gasteiger partial charge in [-0.05, 0) is 31.9 Å². The summed E-state index contributed by atoms with van der Waals surface area (Å²) >= 11 is 0. The second-order valence-electron chi connectivity index (χ2n) is 7.44. The smallest absolute Gasteiger partial charge is 0.280 e. The Bertz CT molecular complexity index is 1070. The molecule has 0 atom stereocenters. The molecule has 30 heavy (non-hydrogen) atoms. The minimum atomic E-state index is -2.72. The number of alkyl halides is 2. The van der Waals surface area contributed by atoms with E-state index in [0.29, 0.717) is 17.2 Å². The molecule has 1 saturated heterocycles. The van der Waals surface area contributed by atoms with E-state index in [2.05, 4.69) is 4.98 Å². The predicted octanol–water partition coefficient (Wildman–Crippen LogP) is 4.30. The maximum atomic E-state index is 12.9. The van der Waals surface area contributed by atoms with Crippen LogP contribution in [0.4, 0.5) is 8.78 Å². The summed E-state index contributed by atoms with van der Waals surface area (Å²) in [7, 11) is 1.55. The number of carbonyl (C=O) groups excluding carboxylic acids is 1. The lowest BCUT2D eigenvalue weighted by molar-refractivity contribution is 0.0846. The van der Waals surface area contributed by atoms with Gasteiger partial charge in [0.2, 0.25) is 0 Å². The van der Waals surface area contributed by atoms with E-state index in [0.717, 1.165) is 43.0 Å². The van der Waals surface area contributed by atoms with Crippen molar-refractivity contribution in [3.63, 3.8) is 0 Å². The molecule has 0 aromatic carbocycles. The van der Waals surface area contributed by atoms with Crippen molar-refractivity contribution < 1.29 is 23.0 Å². The molecule has 0 amide bonds. The maximum Gasteiger partial charge on any atom is 0.280 e. The molecule has 158 valence electrons. The van der Waals surface area contributed by atoms with Gasteiger partial charge in [0.05, 0.1) is 12.8 Å². The minimum absolute atomic E-state index is 0.00950. The lowest BCUT2D eigenvalue weighted by Gasteiger charge is -2.19. The van der Waals surface area contributed by atoms with E-state index < -0.39 is 12.1 Å². The Labute approximate surface area is 172 Å². The fraction of sp³-hybridized carbons (Fsp3) is 0.409. The zero-order valence-electron chi connectivity index (χ0n) is 16.9. The Hall–Kier alpha value is -2.87. The van der Waals surface area contributed by atoms with Crippen molar-refractivity contribution >= 4 is 11.4 Å². The van der Waals surface area contributed by atoms with Gasteiger partial charge in [0, 0.05) is 49.1 Å². The molecule has 1 fully saturated rings. The molecule has 0 saturated carbocycles. The van der Waals surface area contributed by atoms with Crippen LogP contribution in [0.5, 0.6) is 5.75 Å². The van der Waals surface area contributed by atoms with Crippen molar-refractivity contribution in [1.82, 2.24) is 14.4 Å². The molecule has 0 unspecified atom stereocenters. The van der Waals surface area contributed by atoms with Crippen LogP contribution in [0, 0.1) is 6.92 Å². The average Bonchev–Trinajstić information content (AvgIpc) is 3.19. The van der Waals surface area contributed by atoms with Crippen LogP contribution in [0.3, 0.4) is 0 Å². The molecule has 0 bridgehead atoms. The number of aromatic nitrogens is 3. The van der Waals surface area contributed by atoms with E-state index in [-0.39, 0.29) is 17.9 Å². The van der Waals surface area contributed by atoms with Crippen LogP contribution in [-0.4, -0.2) is 40.5 Å². The lowest BCUT2D eigenvalue weighted by atomic mass is 9.97. The van der Waals surface area contributed by atoms with Crippen LogP contribution >= 0.6 is 0 Å². The van der Waals surface area contributed by atoms with Gasteiger partial charge in [-0.1, -0.05) is 6.07 Å². The van der Waals surface area contributed by atoms with Crippen molar-refractivity contribution in [3.05, 3.63) is 58.8 Å². The fourth-order valence-corrected chi connectivity index (χ4v) is 3.95. The summed E-state index contributed by atoms with van der Waals surface area (Å²) in [6.07, 6.45) is 2.94. The number of fused-ring (bicyclic) bond motifs is 1. The normalized spacial score (nSPS) is 15.1. The number of halogens is 2. The van der Waals surface area contributed by atoms with Crippen molar-refractivity contribution in [3.8, 4) is 5.75 Å². The van der Waals surface area contributed by atoms with Gasteiger partial charge in [-0.15, -0.1) is 0 Å². The second-order valence-corrected chi connectivity index (χ2v) is 7.44. The first-order chi connectivity index (χ1) is 14.5. The summed E-state index contributed by atoms with van der Waals surface area (Å²) in [6.45, 7) is 3.36. The van der Waals surface area contributed by atoms with Crippen molar-refractivity contribution in [1.29, 1.82) is 0 Å². The number of ether oxygens (including phenoxy) is 2. The zero-order valence-corrected chi connectivity index (χ0v) is 16.9. The number of nitrogens with zero attached hydrogens (tertiary/aromatic N) is 3. The highest BCUT2D eigenvalue weighted by Gasteiger charge is 2.22. The number of rotatable bonds is 6. The molecule has 3 aromatic heterocycles. The maximum absolute atomic E-state index is 12.9. The monoisotopic (exact) mass is 415 g/mol. The summed E-state index contributed by atoms with van der Waals surface area (Å²) < 4.78 is 38.8. The van der Waals surface area contributed by atoms with Crippen LogP contribution in [0.2, 0.25) is 0 Å². The van der Waals surface area contributed by atoms with Gasteiger partial charge in [-0.2, -0.15) is 0 Å². The third kappa shape index (κ3) is 3.92. The van der Waals surface area contributed by atoms with Crippen molar-refractivity contribution in [2.45, 2.75) is 38.5 Å². The minimum Gasteiger partial charge on any atom is -0.496 e. The molecule has 1 aliphatic rings. The molecule has 0 radical (unpaired) electrons. The number of aryl methyl sites for hydroxylation is 1. The number of ketones is 1. The summed E-state index contributed by atoms with van der Waals surface area (Å²) in [5, 5.41) is 0. The molecule has 4 rings (SSSR count). The Morgan fingerprint density at radius 3 is 2.73 bits per heavy atom. The summed E-state index contributed by atoms with van der Waals surface area (Å²) in [5.74, 6) is 0.569. The summed E-state index contributed by atoms with van der Waals surface area (Å²) in [5.41, 5.74) is 2.87. The molecule has 8 heteroatoms. The van der Waals surface area contributed by atoms with Crippen LogP contribution < -0.4 is 4.74 Å². The van der Waals surface area contributed by atoms with Gasteiger partial charge in [0.25, 0.3) is 6.43 Å². The molecule has 4 heterocycles. The van der Waals surface area contributed by atoms with E-state index in [1.54, 1.807) is 7.11 Å². The standard InChI is InChI=1S/C22H23F2N3O3/c1-13-20(29-2)15(10-19(28)16-4-3-5-17(25-16)21(23)24)11-27-12-18(26-22(13)27)14-6-8-30-9-7-14/h3-5,11-12,14,21H,6-10H2,1-2H3. The van der Waals surface area contributed by atoms with Crippen molar-refractivity contribution in [2.75, 3.05) is 20.3 Å². The number of carbonyl (C=O) groups is 1.